The van der Waals surface area contributed by atoms with Crippen LogP contribution in [0, 0.1) is 6.92 Å². The quantitative estimate of drug-likeness (QED) is 0.557. The van der Waals surface area contributed by atoms with Crippen molar-refractivity contribution in [3.05, 3.63) is 96.1 Å². The van der Waals surface area contributed by atoms with Gasteiger partial charge in [0.15, 0.2) is 0 Å². The fourth-order valence-electron chi connectivity index (χ4n) is 3.16. The van der Waals surface area contributed by atoms with Crippen LogP contribution < -0.4 is 5.32 Å². The van der Waals surface area contributed by atoms with Crippen LogP contribution in [0.4, 0.5) is 0 Å². The van der Waals surface area contributed by atoms with Gasteiger partial charge in [-0.1, -0.05) is 42.0 Å². The molecule has 0 saturated heterocycles. The maximum atomic E-state index is 12.5. The van der Waals surface area contributed by atoms with E-state index in [-0.39, 0.29) is 5.91 Å². The van der Waals surface area contributed by atoms with Gasteiger partial charge in [0.1, 0.15) is 0 Å². The lowest BCUT2D eigenvalue weighted by atomic mass is 10.0. The van der Waals surface area contributed by atoms with Gasteiger partial charge < -0.3 is 5.32 Å². The van der Waals surface area contributed by atoms with Gasteiger partial charge in [-0.25, -0.2) is 0 Å². The molecule has 29 heavy (non-hydrogen) atoms. The normalized spacial score (nSPS) is 10.7. The molecule has 0 spiro atoms. The van der Waals surface area contributed by atoms with E-state index in [0.717, 1.165) is 27.8 Å². The number of hydrogen-bond acceptors (Lipinski definition) is 3. The minimum atomic E-state index is -0.104. The molecule has 0 saturated carbocycles. The van der Waals surface area contributed by atoms with E-state index in [1.54, 1.807) is 23.3 Å². The number of carbonyl (C=O) groups is 1. The molecule has 1 N–H and O–H groups in total. The summed E-state index contributed by atoms with van der Waals surface area (Å²) < 4.78 is 1.75. The Labute approximate surface area is 170 Å². The molecule has 0 aliphatic carbocycles. The van der Waals surface area contributed by atoms with E-state index in [1.807, 2.05) is 43.6 Å². The molecule has 1 amide bonds. The van der Waals surface area contributed by atoms with Gasteiger partial charge in [0.05, 0.1) is 6.20 Å². The first-order valence-corrected chi connectivity index (χ1v) is 9.47. The molecule has 0 unspecified atom stereocenters. The van der Waals surface area contributed by atoms with Crippen LogP contribution in [0.1, 0.15) is 21.5 Å². The molecule has 5 heteroatoms. The molecule has 0 atom stereocenters. The molecule has 4 aromatic rings. The van der Waals surface area contributed by atoms with Crippen LogP contribution in [0.5, 0.6) is 0 Å². The van der Waals surface area contributed by atoms with Crippen molar-refractivity contribution in [2.24, 2.45) is 7.05 Å². The first kappa shape index (κ1) is 18.6. The van der Waals surface area contributed by atoms with Crippen LogP contribution in [0.15, 0.2) is 79.4 Å². The van der Waals surface area contributed by atoms with Crippen LogP contribution in [-0.2, 0) is 13.6 Å². The number of nitrogens with one attached hydrogen (secondary N) is 1. The van der Waals surface area contributed by atoms with Gasteiger partial charge in [-0.2, -0.15) is 5.10 Å². The average Bonchev–Trinajstić information content (AvgIpc) is 3.19. The molecule has 2 aromatic carbocycles. The fourth-order valence-corrected chi connectivity index (χ4v) is 3.16. The third-order valence-electron chi connectivity index (χ3n) is 4.82. The number of rotatable bonds is 5. The maximum absolute atomic E-state index is 12.5. The molecular weight excluding hydrogens is 360 g/mol. The predicted molar refractivity (Wildman–Crippen MR) is 114 cm³/mol. The van der Waals surface area contributed by atoms with E-state index in [2.05, 4.69) is 46.6 Å². The molecule has 5 nitrogen and oxygen atoms in total. The zero-order valence-electron chi connectivity index (χ0n) is 16.5. The van der Waals surface area contributed by atoms with Crippen molar-refractivity contribution < 1.29 is 4.79 Å². The molecule has 0 fully saturated rings. The number of aromatic nitrogens is 3. The molecule has 2 aromatic heterocycles. The SMILES string of the molecule is Cc1ccc(-c2ccc(C(=O)NCc3cncc(-c4cnn(C)c4)c3)cc2)cc1. The van der Waals surface area contributed by atoms with Crippen molar-refractivity contribution in [3.63, 3.8) is 0 Å². The number of amides is 1. The molecule has 0 bridgehead atoms. The number of benzene rings is 2. The lowest BCUT2D eigenvalue weighted by molar-refractivity contribution is 0.0951. The van der Waals surface area contributed by atoms with Gasteiger partial charge in [-0.3, -0.25) is 14.5 Å². The highest BCUT2D eigenvalue weighted by molar-refractivity contribution is 5.94. The first-order valence-electron chi connectivity index (χ1n) is 9.47. The van der Waals surface area contributed by atoms with E-state index in [9.17, 15) is 4.79 Å². The monoisotopic (exact) mass is 382 g/mol. The van der Waals surface area contributed by atoms with Crippen LogP contribution in [0.2, 0.25) is 0 Å². The Hall–Kier alpha value is -3.73. The van der Waals surface area contributed by atoms with Gasteiger partial charge in [0, 0.05) is 48.9 Å². The molecule has 144 valence electrons. The second kappa shape index (κ2) is 8.10. The number of hydrogen-bond donors (Lipinski definition) is 1. The minimum absolute atomic E-state index is 0.104. The van der Waals surface area contributed by atoms with E-state index < -0.39 is 0 Å². The molecular formula is C24H22N4O. The number of pyridine rings is 1. The summed E-state index contributed by atoms with van der Waals surface area (Å²) in [5.74, 6) is -0.104. The first-order chi connectivity index (χ1) is 14.1. The highest BCUT2D eigenvalue weighted by Crippen LogP contribution is 2.21. The second-order valence-corrected chi connectivity index (χ2v) is 7.11. The summed E-state index contributed by atoms with van der Waals surface area (Å²) in [6, 6.07) is 18.0. The summed E-state index contributed by atoms with van der Waals surface area (Å²) in [5.41, 5.74) is 7.02. The maximum Gasteiger partial charge on any atom is 0.251 e. The highest BCUT2D eigenvalue weighted by atomic mass is 16.1. The van der Waals surface area contributed by atoms with Crippen LogP contribution in [-0.4, -0.2) is 20.7 Å². The highest BCUT2D eigenvalue weighted by Gasteiger charge is 2.08. The Bertz CT molecular complexity index is 1130. The van der Waals surface area contributed by atoms with Crippen LogP contribution in [0.25, 0.3) is 22.3 Å². The largest absolute Gasteiger partial charge is 0.348 e. The summed E-state index contributed by atoms with van der Waals surface area (Å²) in [6.45, 7) is 2.48. The van der Waals surface area contributed by atoms with Crippen molar-refractivity contribution in [3.8, 4) is 22.3 Å². The number of aryl methyl sites for hydroxylation is 2. The van der Waals surface area contributed by atoms with Crippen molar-refractivity contribution in [2.75, 3.05) is 0 Å². The van der Waals surface area contributed by atoms with Crippen molar-refractivity contribution in [1.29, 1.82) is 0 Å². The summed E-state index contributed by atoms with van der Waals surface area (Å²) >= 11 is 0. The lowest BCUT2D eigenvalue weighted by Crippen LogP contribution is -2.22. The Balaban J connectivity index is 1.41. The smallest absolute Gasteiger partial charge is 0.251 e. The summed E-state index contributed by atoms with van der Waals surface area (Å²) in [5, 5.41) is 7.15. The Morgan fingerprint density at radius 3 is 2.24 bits per heavy atom. The minimum Gasteiger partial charge on any atom is -0.348 e. The van der Waals surface area contributed by atoms with Gasteiger partial charge in [0.2, 0.25) is 0 Å². The summed E-state index contributed by atoms with van der Waals surface area (Å²) in [4.78, 5) is 16.8. The second-order valence-electron chi connectivity index (χ2n) is 7.11. The summed E-state index contributed by atoms with van der Waals surface area (Å²) in [7, 11) is 1.88. The Morgan fingerprint density at radius 2 is 1.59 bits per heavy atom. The summed E-state index contributed by atoms with van der Waals surface area (Å²) in [6.07, 6.45) is 7.30. The van der Waals surface area contributed by atoms with Gasteiger partial charge >= 0.3 is 0 Å². The van der Waals surface area contributed by atoms with Crippen molar-refractivity contribution >= 4 is 5.91 Å². The number of nitrogens with zero attached hydrogens (tertiary/aromatic N) is 3. The van der Waals surface area contributed by atoms with Gasteiger partial charge in [-0.05, 0) is 41.8 Å². The molecule has 2 heterocycles. The molecule has 0 aliphatic rings. The fraction of sp³-hybridized carbons (Fsp3) is 0.125. The van der Waals surface area contributed by atoms with E-state index >= 15 is 0 Å². The van der Waals surface area contributed by atoms with E-state index in [0.29, 0.717) is 12.1 Å². The molecule has 0 aliphatic heterocycles. The van der Waals surface area contributed by atoms with Crippen LogP contribution in [0.3, 0.4) is 0 Å². The van der Waals surface area contributed by atoms with E-state index in [1.165, 1.54) is 5.56 Å². The molecule has 4 rings (SSSR count). The zero-order chi connectivity index (χ0) is 20.2. The van der Waals surface area contributed by atoms with Crippen molar-refractivity contribution in [1.82, 2.24) is 20.1 Å². The van der Waals surface area contributed by atoms with E-state index in [4.69, 9.17) is 0 Å². The number of carbonyl (C=O) groups excluding carboxylic acids is 1. The lowest BCUT2D eigenvalue weighted by Gasteiger charge is -2.08. The third-order valence-corrected chi connectivity index (χ3v) is 4.82. The topological polar surface area (TPSA) is 59.8 Å². The standard InChI is InChI=1S/C24H22N4O/c1-17-3-5-19(6-4-17)20-7-9-21(10-8-20)24(29)26-13-18-11-22(14-25-12-18)23-15-27-28(2)16-23/h3-12,14-16H,13H2,1-2H3,(H,26,29). The zero-order valence-corrected chi connectivity index (χ0v) is 16.5. The van der Waals surface area contributed by atoms with Crippen LogP contribution >= 0.6 is 0 Å². The van der Waals surface area contributed by atoms with Gasteiger partial charge in [-0.15, -0.1) is 0 Å². The molecule has 0 radical (unpaired) electrons. The Morgan fingerprint density at radius 1 is 0.897 bits per heavy atom. The van der Waals surface area contributed by atoms with Gasteiger partial charge in [0.25, 0.3) is 5.91 Å². The Kier molecular flexibility index (Phi) is 5.20. The average molecular weight is 382 g/mol. The van der Waals surface area contributed by atoms with Crippen molar-refractivity contribution in [2.45, 2.75) is 13.5 Å². The third kappa shape index (κ3) is 4.41. The predicted octanol–water partition coefficient (Wildman–Crippen LogP) is 4.39.